The van der Waals surface area contributed by atoms with Crippen molar-refractivity contribution >= 4 is 27.3 Å². The first-order valence-electron chi connectivity index (χ1n) is 7.72. The molecule has 130 valence electrons. The Morgan fingerprint density at radius 1 is 1.25 bits per heavy atom. The summed E-state index contributed by atoms with van der Waals surface area (Å²) in [5, 5.41) is 4.54. The van der Waals surface area contributed by atoms with Gasteiger partial charge >= 0.3 is 0 Å². The van der Waals surface area contributed by atoms with Crippen LogP contribution in [0, 0.1) is 0 Å². The summed E-state index contributed by atoms with van der Waals surface area (Å²) in [6.45, 7) is 3.76. The molecule has 1 aromatic carbocycles. The fourth-order valence-electron chi connectivity index (χ4n) is 2.26. The summed E-state index contributed by atoms with van der Waals surface area (Å²) in [4.78, 5) is 12.2. The van der Waals surface area contributed by atoms with Crippen molar-refractivity contribution in [2.45, 2.75) is 30.5 Å². The monoisotopic (exact) mass is 366 g/mol. The van der Waals surface area contributed by atoms with Crippen molar-refractivity contribution in [1.82, 2.24) is 9.62 Å². The van der Waals surface area contributed by atoms with Crippen LogP contribution < -0.4 is 5.32 Å². The lowest BCUT2D eigenvalue weighted by Gasteiger charge is -2.19. The van der Waals surface area contributed by atoms with E-state index in [0.717, 1.165) is 27.6 Å². The normalized spacial score (nSPS) is 13.0. The summed E-state index contributed by atoms with van der Waals surface area (Å²) in [6.07, 6.45) is 0.965. The molecule has 0 fully saturated rings. The van der Waals surface area contributed by atoms with Crippen molar-refractivity contribution in [3.63, 3.8) is 0 Å². The molecule has 2 rings (SSSR count). The second kappa shape index (κ2) is 7.92. The van der Waals surface area contributed by atoms with E-state index < -0.39 is 10.0 Å². The molecule has 1 N–H and O–H groups in total. The molecular formula is C17H22N2O3S2. The molecule has 0 bridgehead atoms. The Morgan fingerprint density at radius 3 is 2.46 bits per heavy atom. The van der Waals surface area contributed by atoms with Crippen LogP contribution in [0.1, 0.15) is 31.0 Å². The maximum Gasteiger partial charge on any atom is 0.252 e. The fraction of sp³-hybridized carbons (Fsp3) is 0.353. The average molecular weight is 367 g/mol. The van der Waals surface area contributed by atoms with Gasteiger partial charge in [-0.15, -0.1) is 11.3 Å². The van der Waals surface area contributed by atoms with Crippen molar-refractivity contribution in [3.05, 3.63) is 52.9 Å². The molecule has 0 spiro atoms. The van der Waals surface area contributed by atoms with Gasteiger partial charge in [-0.25, -0.2) is 8.42 Å². The highest BCUT2D eigenvalue weighted by Gasteiger charge is 2.24. The highest BCUT2D eigenvalue weighted by Crippen LogP contribution is 2.19. The molecule has 0 saturated heterocycles. The predicted octanol–water partition coefficient (Wildman–Crippen LogP) is 2.81. The molecule has 5 nitrogen and oxygen atoms in total. The largest absolute Gasteiger partial charge is 0.348 e. The van der Waals surface area contributed by atoms with E-state index in [9.17, 15) is 13.2 Å². The first-order chi connectivity index (χ1) is 11.3. The Balaban J connectivity index is 1.97. The van der Waals surface area contributed by atoms with Gasteiger partial charge in [-0.3, -0.25) is 4.79 Å². The minimum atomic E-state index is -3.61. The summed E-state index contributed by atoms with van der Waals surface area (Å²) in [5.41, 5.74) is 2.23. The molecular weight excluding hydrogens is 344 g/mol. The average Bonchev–Trinajstić information content (AvgIpc) is 3.10. The lowest BCUT2D eigenvalue weighted by Crippen LogP contribution is -2.39. The third-order valence-electron chi connectivity index (χ3n) is 3.79. The first kappa shape index (κ1) is 18.6. The van der Waals surface area contributed by atoms with Crippen LogP contribution in [-0.2, 0) is 21.2 Å². The van der Waals surface area contributed by atoms with Crippen LogP contribution in [0.2, 0.25) is 0 Å². The zero-order valence-corrected chi connectivity index (χ0v) is 15.7. The van der Waals surface area contributed by atoms with Crippen LogP contribution in [-0.4, -0.2) is 32.2 Å². The third-order valence-corrected chi connectivity index (χ3v) is 6.97. The Hall–Kier alpha value is -1.70. The van der Waals surface area contributed by atoms with Gasteiger partial charge in [0.25, 0.3) is 10.0 Å². The summed E-state index contributed by atoms with van der Waals surface area (Å²) in [7, 11) is -2.20. The molecule has 0 saturated carbocycles. The number of amides is 1. The van der Waals surface area contributed by atoms with Gasteiger partial charge in [-0.1, -0.05) is 37.3 Å². The van der Waals surface area contributed by atoms with E-state index in [-0.39, 0.29) is 22.7 Å². The number of nitrogens with one attached hydrogen (secondary N) is 1. The number of rotatable bonds is 7. The third kappa shape index (κ3) is 4.43. The minimum absolute atomic E-state index is 0.179. The Morgan fingerprint density at radius 2 is 1.92 bits per heavy atom. The molecule has 0 radical (unpaired) electrons. The summed E-state index contributed by atoms with van der Waals surface area (Å²) in [5.74, 6) is -0.329. The minimum Gasteiger partial charge on any atom is -0.348 e. The van der Waals surface area contributed by atoms with Crippen molar-refractivity contribution in [3.8, 4) is 0 Å². The molecule has 2 aromatic rings. The molecule has 7 heteroatoms. The van der Waals surface area contributed by atoms with Gasteiger partial charge in [0.2, 0.25) is 5.91 Å². The number of nitrogens with zero attached hydrogens (tertiary/aromatic N) is 1. The quantitative estimate of drug-likeness (QED) is 0.819. The molecule has 0 aliphatic rings. The van der Waals surface area contributed by atoms with Gasteiger partial charge in [0.15, 0.2) is 0 Å². The van der Waals surface area contributed by atoms with Gasteiger partial charge in [-0.05, 0) is 35.9 Å². The predicted molar refractivity (Wildman–Crippen MR) is 96.5 cm³/mol. The van der Waals surface area contributed by atoms with Crippen LogP contribution >= 0.6 is 11.3 Å². The van der Waals surface area contributed by atoms with E-state index in [2.05, 4.69) is 12.2 Å². The summed E-state index contributed by atoms with van der Waals surface area (Å²) >= 11 is 1.14. The van der Waals surface area contributed by atoms with Crippen LogP contribution in [0.4, 0.5) is 0 Å². The molecule has 24 heavy (non-hydrogen) atoms. The van der Waals surface area contributed by atoms with Crippen molar-refractivity contribution < 1.29 is 13.2 Å². The number of hydrogen-bond acceptors (Lipinski definition) is 4. The van der Waals surface area contributed by atoms with E-state index >= 15 is 0 Å². The van der Waals surface area contributed by atoms with Crippen LogP contribution in [0.3, 0.4) is 0 Å². The maximum absolute atomic E-state index is 12.3. The molecule has 0 aliphatic carbocycles. The van der Waals surface area contributed by atoms with Gasteiger partial charge in [0, 0.05) is 7.05 Å². The molecule has 1 heterocycles. The van der Waals surface area contributed by atoms with Gasteiger partial charge < -0.3 is 5.32 Å². The van der Waals surface area contributed by atoms with Gasteiger partial charge in [0.05, 0.1) is 12.6 Å². The number of likely N-dealkylation sites (N-methyl/N-ethyl adjacent to an activating group) is 1. The number of carbonyl (C=O) groups excluding carboxylic acids is 1. The first-order valence-corrected chi connectivity index (χ1v) is 10.0. The zero-order chi connectivity index (χ0) is 17.7. The topological polar surface area (TPSA) is 66.5 Å². The summed E-state index contributed by atoms with van der Waals surface area (Å²) < 4.78 is 25.9. The summed E-state index contributed by atoms with van der Waals surface area (Å²) in [6, 6.07) is 11.1. The number of thiophene rings is 1. The molecule has 1 amide bonds. The Bertz CT molecular complexity index is 769. The van der Waals surface area contributed by atoms with Gasteiger partial charge in [0.1, 0.15) is 4.21 Å². The second-order valence-corrected chi connectivity index (χ2v) is 8.80. The van der Waals surface area contributed by atoms with Crippen molar-refractivity contribution in [1.29, 1.82) is 0 Å². The Labute approximate surface area is 147 Å². The highest BCUT2D eigenvalue weighted by atomic mass is 32.2. The van der Waals surface area contributed by atoms with Crippen molar-refractivity contribution in [2.24, 2.45) is 0 Å². The standard InChI is InChI=1S/C17H22N2O3S2/c1-4-14-7-9-15(10-8-14)13(2)18-16(20)12-19(3)24(21,22)17-6-5-11-23-17/h5-11,13H,4,12H2,1-3H3,(H,18,20)/t13-/m0/s1. The maximum atomic E-state index is 12.3. The van der Waals surface area contributed by atoms with Crippen LogP contribution in [0.15, 0.2) is 46.0 Å². The number of carbonyl (C=O) groups is 1. The van der Waals surface area contributed by atoms with Crippen LogP contribution in [0.5, 0.6) is 0 Å². The Kier molecular flexibility index (Phi) is 6.15. The second-order valence-electron chi connectivity index (χ2n) is 5.58. The lowest BCUT2D eigenvalue weighted by molar-refractivity contribution is -0.121. The molecule has 0 aliphatic heterocycles. The van der Waals surface area contributed by atoms with E-state index in [0.29, 0.717) is 0 Å². The number of hydrogen-bond donors (Lipinski definition) is 1. The van der Waals surface area contributed by atoms with E-state index in [1.54, 1.807) is 11.4 Å². The smallest absolute Gasteiger partial charge is 0.252 e. The zero-order valence-electron chi connectivity index (χ0n) is 14.0. The lowest BCUT2D eigenvalue weighted by atomic mass is 10.1. The number of benzene rings is 1. The van der Waals surface area contributed by atoms with E-state index in [1.807, 2.05) is 31.2 Å². The molecule has 0 unspecified atom stereocenters. The molecule has 1 aromatic heterocycles. The van der Waals surface area contributed by atoms with Crippen LogP contribution in [0.25, 0.3) is 0 Å². The number of sulfonamides is 1. The van der Waals surface area contributed by atoms with E-state index in [1.165, 1.54) is 18.7 Å². The SMILES string of the molecule is CCc1ccc([C@H](C)NC(=O)CN(C)S(=O)(=O)c2cccs2)cc1. The fourth-order valence-corrected chi connectivity index (χ4v) is 4.59. The highest BCUT2D eigenvalue weighted by molar-refractivity contribution is 7.91. The van der Waals surface area contributed by atoms with E-state index in [4.69, 9.17) is 0 Å². The number of aryl methyl sites for hydroxylation is 1. The molecule has 1 atom stereocenters. The van der Waals surface area contributed by atoms with Gasteiger partial charge in [-0.2, -0.15) is 4.31 Å². The van der Waals surface area contributed by atoms with Crippen molar-refractivity contribution in [2.75, 3.05) is 13.6 Å².